The normalized spacial score (nSPS) is 13.2. The van der Waals surface area contributed by atoms with Crippen LogP contribution in [0.25, 0.3) is 11.0 Å². The van der Waals surface area contributed by atoms with Crippen LogP contribution in [0.5, 0.6) is 0 Å². The van der Waals surface area contributed by atoms with Crippen LogP contribution in [0.2, 0.25) is 0 Å². The van der Waals surface area contributed by atoms with Crippen molar-refractivity contribution < 1.29 is 4.79 Å². The molecule has 0 aliphatic carbocycles. The molecule has 5 heteroatoms. The van der Waals surface area contributed by atoms with Gasteiger partial charge in [0.05, 0.1) is 23.1 Å². The minimum atomic E-state index is -0.250. The van der Waals surface area contributed by atoms with Crippen molar-refractivity contribution in [1.29, 1.82) is 0 Å². The van der Waals surface area contributed by atoms with E-state index in [1.54, 1.807) is 0 Å². The van der Waals surface area contributed by atoms with Crippen LogP contribution in [0.4, 0.5) is 0 Å². The fourth-order valence-corrected chi connectivity index (χ4v) is 4.03. The molecule has 29 heavy (non-hydrogen) atoms. The molecule has 1 N–H and O–H groups in total. The summed E-state index contributed by atoms with van der Waals surface area (Å²) in [6, 6.07) is 25.7. The Bertz CT molecular complexity index is 1150. The number of carbonyl (C=O) groups excluding carboxylic acids is 1. The summed E-state index contributed by atoms with van der Waals surface area (Å²) in [6.45, 7) is 4.14. The molecule has 2 unspecified atom stereocenters. The molecular weight excluding hydrogens is 426 g/mol. The van der Waals surface area contributed by atoms with E-state index < -0.39 is 0 Å². The summed E-state index contributed by atoms with van der Waals surface area (Å²) in [6.07, 6.45) is 0. The van der Waals surface area contributed by atoms with Crippen molar-refractivity contribution in [2.45, 2.75) is 25.9 Å². The average Bonchev–Trinajstić information content (AvgIpc) is 3.13. The molecule has 1 heterocycles. The Balaban J connectivity index is 1.72. The second-order valence-corrected chi connectivity index (χ2v) is 8.04. The number of carbonyl (C=O) groups is 1. The zero-order chi connectivity index (χ0) is 20.4. The van der Waals surface area contributed by atoms with Crippen molar-refractivity contribution in [3.8, 4) is 0 Å². The lowest BCUT2D eigenvalue weighted by atomic mass is 10.1. The maximum atomic E-state index is 12.8. The second kappa shape index (κ2) is 8.21. The zero-order valence-electron chi connectivity index (χ0n) is 16.3. The van der Waals surface area contributed by atoms with E-state index in [2.05, 4.69) is 50.9 Å². The monoisotopic (exact) mass is 447 g/mol. The van der Waals surface area contributed by atoms with Crippen LogP contribution in [-0.2, 0) is 0 Å². The van der Waals surface area contributed by atoms with Gasteiger partial charge in [0, 0.05) is 10.0 Å². The number of halogens is 1. The van der Waals surface area contributed by atoms with Crippen molar-refractivity contribution in [2.75, 3.05) is 0 Å². The number of rotatable bonds is 5. The van der Waals surface area contributed by atoms with Gasteiger partial charge >= 0.3 is 0 Å². The molecule has 4 nitrogen and oxygen atoms in total. The highest BCUT2D eigenvalue weighted by molar-refractivity contribution is 9.10. The molecule has 3 aromatic carbocycles. The first kappa shape index (κ1) is 19.4. The van der Waals surface area contributed by atoms with Crippen LogP contribution < -0.4 is 5.32 Å². The lowest BCUT2D eigenvalue weighted by Crippen LogP contribution is -2.29. The molecule has 0 bridgehead atoms. The lowest BCUT2D eigenvalue weighted by molar-refractivity contribution is 0.0937. The molecule has 0 spiro atoms. The third-order valence-electron chi connectivity index (χ3n) is 5.11. The van der Waals surface area contributed by atoms with Gasteiger partial charge in [-0.15, -0.1) is 0 Å². The number of aromatic nitrogens is 2. The van der Waals surface area contributed by atoms with Gasteiger partial charge < -0.3 is 9.88 Å². The number of nitrogens with one attached hydrogen (secondary N) is 1. The van der Waals surface area contributed by atoms with Gasteiger partial charge in [-0.1, -0.05) is 64.5 Å². The predicted octanol–water partition coefficient (Wildman–Crippen LogP) is 5.90. The van der Waals surface area contributed by atoms with E-state index in [0.29, 0.717) is 5.56 Å². The predicted molar refractivity (Wildman–Crippen MR) is 120 cm³/mol. The molecule has 0 saturated heterocycles. The van der Waals surface area contributed by atoms with Crippen LogP contribution in [0.3, 0.4) is 0 Å². The van der Waals surface area contributed by atoms with Gasteiger partial charge in [-0.3, -0.25) is 4.79 Å². The van der Waals surface area contributed by atoms with Gasteiger partial charge in [-0.05, 0) is 49.7 Å². The van der Waals surface area contributed by atoms with E-state index in [1.165, 1.54) is 5.56 Å². The van der Waals surface area contributed by atoms with Crippen molar-refractivity contribution in [3.63, 3.8) is 0 Å². The number of fused-ring (bicyclic) bond motifs is 1. The largest absolute Gasteiger partial charge is 0.342 e. The van der Waals surface area contributed by atoms with E-state index in [-0.39, 0.29) is 18.0 Å². The molecule has 0 saturated carbocycles. The Morgan fingerprint density at radius 2 is 1.69 bits per heavy atom. The van der Waals surface area contributed by atoms with Crippen molar-refractivity contribution in [2.24, 2.45) is 0 Å². The summed E-state index contributed by atoms with van der Waals surface area (Å²) in [5.41, 5.74) is 3.80. The van der Waals surface area contributed by atoms with Crippen LogP contribution in [0.1, 0.15) is 47.7 Å². The van der Waals surface area contributed by atoms with Crippen molar-refractivity contribution in [1.82, 2.24) is 14.9 Å². The number of amides is 1. The Morgan fingerprint density at radius 3 is 2.45 bits per heavy atom. The number of imidazole rings is 1. The maximum absolute atomic E-state index is 12.8. The highest BCUT2D eigenvalue weighted by atomic mass is 79.9. The fraction of sp³-hybridized carbons (Fsp3) is 0.167. The highest BCUT2D eigenvalue weighted by Gasteiger charge is 2.22. The van der Waals surface area contributed by atoms with Gasteiger partial charge in [0.1, 0.15) is 5.82 Å². The third kappa shape index (κ3) is 3.96. The molecular formula is C24H22BrN3O. The average molecular weight is 448 g/mol. The summed E-state index contributed by atoms with van der Waals surface area (Å²) >= 11 is 3.42. The van der Waals surface area contributed by atoms with E-state index >= 15 is 0 Å². The smallest absolute Gasteiger partial charge is 0.251 e. The standard InChI is InChI=1S/C24H22BrN3O/c1-16(26-24(29)19-11-8-12-20(25)15-19)23-27-21-13-6-7-14-22(21)28(23)17(2)18-9-4-3-5-10-18/h3-17H,1-2H3,(H,26,29). The minimum absolute atomic E-state index is 0.0869. The van der Waals surface area contributed by atoms with Crippen LogP contribution in [0, 0.1) is 0 Å². The molecule has 146 valence electrons. The Kier molecular flexibility index (Phi) is 5.49. The Hall–Kier alpha value is -2.92. The van der Waals surface area contributed by atoms with E-state index in [1.807, 2.05) is 67.6 Å². The lowest BCUT2D eigenvalue weighted by Gasteiger charge is -2.22. The van der Waals surface area contributed by atoms with Crippen LogP contribution in [0.15, 0.2) is 83.3 Å². The van der Waals surface area contributed by atoms with Crippen molar-refractivity contribution in [3.05, 3.63) is 100 Å². The van der Waals surface area contributed by atoms with Gasteiger partial charge in [0.2, 0.25) is 0 Å². The van der Waals surface area contributed by atoms with Crippen LogP contribution in [-0.4, -0.2) is 15.5 Å². The number of nitrogens with zero attached hydrogens (tertiary/aromatic N) is 2. The van der Waals surface area contributed by atoms with Crippen LogP contribution >= 0.6 is 15.9 Å². The Labute approximate surface area is 178 Å². The van der Waals surface area contributed by atoms with E-state index in [0.717, 1.165) is 21.3 Å². The number of hydrogen-bond donors (Lipinski definition) is 1. The van der Waals surface area contributed by atoms with Gasteiger partial charge in [-0.2, -0.15) is 0 Å². The summed E-state index contributed by atoms with van der Waals surface area (Å²) < 4.78 is 3.10. The maximum Gasteiger partial charge on any atom is 0.251 e. The molecule has 0 fully saturated rings. The van der Waals surface area contributed by atoms with Gasteiger partial charge in [-0.25, -0.2) is 4.98 Å². The molecule has 2 atom stereocenters. The summed E-state index contributed by atoms with van der Waals surface area (Å²) in [4.78, 5) is 17.6. The first-order chi connectivity index (χ1) is 14.0. The first-order valence-electron chi connectivity index (χ1n) is 9.63. The summed E-state index contributed by atoms with van der Waals surface area (Å²) in [7, 11) is 0. The first-order valence-corrected chi connectivity index (χ1v) is 10.4. The highest BCUT2D eigenvalue weighted by Crippen LogP contribution is 2.29. The van der Waals surface area contributed by atoms with Gasteiger partial charge in [0.25, 0.3) is 5.91 Å². The van der Waals surface area contributed by atoms with Gasteiger partial charge in [0.15, 0.2) is 0 Å². The molecule has 0 aliphatic heterocycles. The molecule has 4 aromatic rings. The molecule has 1 amide bonds. The number of benzene rings is 3. The quantitative estimate of drug-likeness (QED) is 0.413. The second-order valence-electron chi connectivity index (χ2n) is 7.12. The molecule has 0 radical (unpaired) electrons. The summed E-state index contributed by atoms with van der Waals surface area (Å²) in [5.74, 6) is 0.718. The number of hydrogen-bond acceptors (Lipinski definition) is 2. The topological polar surface area (TPSA) is 46.9 Å². The molecule has 0 aliphatic rings. The van der Waals surface area contributed by atoms with E-state index in [4.69, 9.17) is 4.98 Å². The minimum Gasteiger partial charge on any atom is -0.342 e. The van der Waals surface area contributed by atoms with E-state index in [9.17, 15) is 4.79 Å². The number of para-hydroxylation sites is 2. The SMILES string of the molecule is CC(NC(=O)c1cccc(Br)c1)c1nc2ccccc2n1C(C)c1ccccc1. The molecule has 1 aromatic heterocycles. The molecule has 4 rings (SSSR count). The zero-order valence-corrected chi connectivity index (χ0v) is 17.9. The van der Waals surface area contributed by atoms with Crippen molar-refractivity contribution >= 4 is 32.9 Å². The third-order valence-corrected chi connectivity index (χ3v) is 5.61. The summed E-state index contributed by atoms with van der Waals surface area (Å²) in [5, 5.41) is 3.10. The Morgan fingerprint density at radius 1 is 0.966 bits per heavy atom. The fourth-order valence-electron chi connectivity index (χ4n) is 3.63.